The van der Waals surface area contributed by atoms with Crippen LogP contribution in [0.5, 0.6) is 0 Å². The minimum absolute atomic E-state index is 0.0886. The van der Waals surface area contributed by atoms with Gasteiger partial charge in [0.05, 0.1) is 27.3 Å². The van der Waals surface area contributed by atoms with E-state index >= 15 is 0 Å². The lowest BCUT2D eigenvalue weighted by atomic mass is 10.1. The van der Waals surface area contributed by atoms with Gasteiger partial charge >= 0.3 is 5.97 Å². The summed E-state index contributed by atoms with van der Waals surface area (Å²) in [6.45, 7) is 0. The fourth-order valence-electron chi connectivity index (χ4n) is 2.92. The third kappa shape index (κ3) is 3.76. The molecule has 3 aromatic rings. The Morgan fingerprint density at radius 2 is 1.48 bits per heavy atom. The molecule has 0 saturated heterocycles. The average Bonchev–Trinajstić information content (AvgIpc) is 3.00. The van der Waals surface area contributed by atoms with Crippen LogP contribution in [0.1, 0.15) is 31.1 Å². The molecule has 1 heterocycles. The number of nitrogens with zero attached hydrogens (tertiary/aromatic N) is 1. The van der Waals surface area contributed by atoms with Gasteiger partial charge in [-0.05, 0) is 42.5 Å². The highest BCUT2D eigenvalue weighted by molar-refractivity contribution is 7.92. The van der Waals surface area contributed by atoms with Crippen LogP contribution in [0.2, 0.25) is 0 Å². The predicted molar refractivity (Wildman–Crippen MR) is 106 cm³/mol. The molecule has 1 aliphatic heterocycles. The minimum Gasteiger partial charge on any atom is -0.324 e. The number of hydroxylamine groups is 2. The summed E-state index contributed by atoms with van der Waals surface area (Å²) in [6, 6.07) is 15.9. The smallest absolute Gasteiger partial charge is 0.324 e. The summed E-state index contributed by atoms with van der Waals surface area (Å²) in [6.07, 6.45) is 0. The van der Waals surface area contributed by atoms with Crippen LogP contribution in [0.3, 0.4) is 0 Å². The van der Waals surface area contributed by atoms with E-state index in [-0.39, 0.29) is 27.3 Å². The maximum Gasteiger partial charge on any atom is 0.363 e. The Labute approximate surface area is 175 Å². The van der Waals surface area contributed by atoms with Crippen LogP contribution in [0.15, 0.2) is 77.7 Å². The van der Waals surface area contributed by atoms with E-state index in [1.807, 2.05) is 0 Å². The van der Waals surface area contributed by atoms with Gasteiger partial charge in [-0.3, -0.25) is 14.3 Å². The van der Waals surface area contributed by atoms with Gasteiger partial charge in [0.1, 0.15) is 5.82 Å². The molecule has 0 aliphatic carbocycles. The van der Waals surface area contributed by atoms with Gasteiger partial charge in [0.15, 0.2) is 0 Å². The molecule has 0 fully saturated rings. The number of hydrogen-bond donors (Lipinski definition) is 1. The molecule has 4 rings (SSSR count). The van der Waals surface area contributed by atoms with Crippen LogP contribution < -0.4 is 4.72 Å². The van der Waals surface area contributed by atoms with Crippen LogP contribution in [-0.4, -0.2) is 31.3 Å². The number of imide groups is 1. The Bertz CT molecular complexity index is 1300. The first-order chi connectivity index (χ1) is 14.8. The molecule has 156 valence electrons. The zero-order valence-electron chi connectivity index (χ0n) is 15.6. The maximum absolute atomic E-state index is 13.8. The van der Waals surface area contributed by atoms with Crippen LogP contribution in [0.4, 0.5) is 10.1 Å². The van der Waals surface area contributed by atoms with Gasteiger partial charge in [-0.25, -0.2) is 17.6 Å². The van der Waals surface area contributed by atoms with Gasteiger partial charge in [0.25, 0.3) is 21.8 Å². The molecule has 3 aromatic carbocycles. The largest absolute Gasteiger partial charge is 0.363 e. The fraction of sp³-hybridized carbons (Fsp3) is 0. The standard InChI is InChI=1S/C21H13FN2O6S/c22-17-10-3-4-11-18(17)23-31(28,29)14-7-5-6-13(12-14)21(27)30-24-19(25)15-8-1-2-9-16(15)20(24)26/h1-12,23H. The SMILES string of the molecule is O=C(ON1C(=O)c2ccccc2C1=O)c1cccc(S(=O)(=O)Nc2ccccc2F)c1. The van der Waals surface area contributed by atoms with Crippen molar-refractivity contribution >= 4 is 33.5 Å². The zero-order valence-corrected chi connectivity index (χ0v) is 16.4. The highest BCUT2D eigenvalue weighted by Gasteiger charge is 2.38. The van der Waals surface area contributed by atoms with Crippen molar-refractivity contribution < 1.29 is 32.0 Å². The second-order valence-electron chi connectivity index (χ2n) is 6.44. The number of anilines is 1. The molecule has 1 aliphatic rings. The van der Waals surface area contributed by atoms with E-state index in [1.54, 1.807) is 12.1 Å². The molecule has 0 unspecified atom stereocenters. The van der Waals surface area contributed by atoms with E-state index in [0.717, 1.165) is 12.1 Å². The predicted octanol–water partition coefficient (Wildman–Crippen LogP) is 2.99. The monoisotopic (exact) mass is 440 g/mol. The zero-order chi connectivity index (χ0) is 22.2. The fourth-order valence-corrected chi connectivity index (χ4v) is 4.04. The number of benzene rings is 3. The molecule has 0 aromatic heterocycles. The van der Waals surface area contributed by atoms with Crippen molar-refractivity contribution in [2.45, 2.75) is 4.90 Å². The summed E-state index contributed by atoms with van der Waals surface area (Å²) in [7, 11) is -4.23. The first-order valence-corrected chi connectivity index (χ1v) is 10.3. The molecular formula is C21H13FN2O6S. The third-order valence-electron chi connectivity index (χ3n) is 4.43. The van der Waals surface area contributed by atoms with Gasteiger partial charge < -0.3 is 4.84 Å². The molecule has 2 amide bonds. The molecule has 0 saturated carbocycles. The topological polar surface area (TPSA) is 110 Å². The number of halogens is 1. The van der Waals surface area contributed by atoms with Crippen LogP contribution in [0, 0.1) is 5.82 Å². The Morgan fingerprint density at radius 3 is 2.13 bits per heavy atom. The van der Waals surface area contributed by atoms with Crippen LogP contribution in [-0.2, 0) is 14.9 Å². The van der Waals surface area contributed by atoms with Crippen molar-refractivity contribution in [1.29, 1.82) is 0 Å². The average molecular weight is 440 g/mol. The Balaban J connectivity index is 1.56. The van der Waals surface area contributed by atoms with E-state index in [2.05, 4.69) is 4.72 Å². The summed E-state index contributed by atoms with van der Waals surface area (Å²) in [5, 5.41) is 0.325. The summed E-state index contributed by atoms with van der Waals surface area (Å²) < 4.78 is 41.0. The molecule has 10 heteroatoms. The lowest BCUT2D eigenvalue weighted by Crippen LogP contribution is -2.32. The van der Waals surface area contributed by atoms with E-state index in [9.17, 15) is 27.2 Å². The number of para-hydroxylation sites is 1. The number of carbonyl (C=O) groups is 3. The van der Waals surface area contributed by atoms with Crippen molar-refractivity contribution in [2.24, 2.45) is 0 Å². The molecule has 0 spiro atoms. The number of rotatable bonds is 5. The number of hydrogen-bond acceptors (Lipinski definition) is 6. The van der Waals surface area contributed by atoms with Crippen molar-refractivity contribution in [3.63, 3.8) is 0 Å². The van der Waals surface area contributed by atoms with Crippen molar-refractivity contribution in [1.82, 2.24) is 5.06 Å². The first-order valence-electron chi connectivity index (χ1n) is 8.85. The van der Waals surface area contributed by atoms with Gasteiger partial charge in [-0.2, -0.15) is 0 Å². The van der Waals surface area contributed by atoms with Crippen molar-refractivity contribution in [3.8, 4) is 0 Å². The number of carbonyl (C=O) groups excluding carboxylic acids is 3. The Kier molecular flexibility index (Phi) is 4.99. The van der Waals surface area contributed by atoms with Gasteiger partial charge in [0.2, 0.25) is 0 Å². The van der Waals surface area contributed by atoms with Crippen LogP contribution >= 0.6 is 0 Å². The van der Waals surface area contributed by atoms with E-state index in [1.165, 1.54) is 48.5 Å². The molecule has 0 atom stereocenters. The third-order valence-corrected chi connectivity index (χ3v) is 5.79. The number of sulfonamides is 1. The molecular weight excluding hydrogens is 427 g/mol. The minimum atomic E-state index is -4.23. The lowest BCUT2D eigenvalue weighted by molar-refractivity contribution is -0.0584. The second-order valence-corrected chi connectivity index (χ2v) is 8.12. The molecule has 0 radical (unpaired) electrons. The van der Waals surface area contributed by atoms with Gasteiger partial charge in [-0.15, -0.1) is 0 Å². The van der Waals surface area contributed by atoms with Crippen molar-refractivity contribution in [2.75, 3.05) is 4.72 Å². The number of nitrogens with one attached hydrogen (secondary N) is 1. The van der Waals surface area contributed by atoms with E-state index in [0.29, 0.717) is 5.06 Å². The quantitative estimate of drug-likeness (QED) is 0.611. The lowest BCUT2D eigenvalue weighted by Gasteiger charge is -2.13. The Hall–Kier alpha value is -4.05. The van der Waals surface area contributed by atoms with Crippen LogP contribution in [0.25, 0.3) is 0 Å². The molecule has 0 bridgehead atoms. The summed E-state index contributed by atoms with van der Waals surface area (Å²) >= 11 is 0. The summed E-state index contributed by atoms with van der Waals surface area (Å²) in [5.74, 6) is -3.50. The number of fused-ring (bicyclic) bond motifs is 1. The summed E-state index contributed by atoms with van der Waals surface area (Å²) in [5.41, 5.74) is -0.314. The van der Waals surface area contributed by atoms with Gasteiger partial charge in [-0.1, -0.05) is 35.4 Å². The molecule has 8 nitrogen and oxygen atoms in total. The molecule has 31 heavy (non-hydrogen) atoms. The highest BCUT2D eigenvalue weighted by Crippen LogP contribution is 2.24. The maximum atomic E-state index is 13.8. The second kappa shape index (κ2) is 7.65. The highest BCUT2D eigenvalue weighted by atomic mass is 32.2. The van der Waals surface area contributed by atoms with E-state index < -0.39 is 33.6 Å². The normalized spacial score (nSPS) is 13.1. The first kappa shape index (κ1) is 20.2. The number of amides is 2. The summed E-state index contributed by atoms with van der Waals surface area (Å²) in [4.78, 5) is 41.7. The Morgan fingerprint density at radius 1 is 0.871 bits per heavy atom. The van der Waals surface area contributed by atoms with Crippen molar-refractivity contribution in [3.05, 3.63) is 95.3 Å². The van der Waals surface area contributed by atoms with Gasteiger partial charge in [0, 0.05) is 0 Å². The van der Waals surface area contributed by atoms with E-state index in [4.69, 9.17) is 4.84 Å². The molecule has 1 N–H and O–H groups in total.